The van der Waals surface area contributed by atoms with E-state index in [4.69, 9.17) is 4.74 Å². The number of nitrogens with one attached hydrogen (secondary N) is 1. The van der Waals surface area contributed by atoms with Gasteiger partial charge >= 0.3 is 0 Å². The molecule has 122 valence electrons. The van der Waals surface area contributed by atoms with Crippen LogP contribution in [0.2, 0.25) is 0 Å². The Labute approximate surface area is 140 Å². The number of aryl methyl sites for hydroxylation is 1. The molecule has 0 aliphatic heterocycles. The van der Waals surface area contributed by atoms with Gasteiger partial charge in [-0.25, -0.2) is 4.68 Å². The minimum Gasteiger partial charge on any atom is -0.463 e. The largest absolute Gasteiger partial charge is 0.463 e. The standard InChI is InChI=1S/C18H18N4O2/c1-13-12-22(16-8-4-3-5-9-16)21-18(13)24-14(2)17(23)20-15-7-6-10-19-11-15/h3-12,14H,1-2H3,(H,20,23). The van der Waals surface area contributed by atoms with Crippen LogP contribution in [-0.4, -0.2) is 26.8 Å². The normalized spacial score (nSPS) is 11.8. The molecule has 6 nitrogen and oxygen atoms in total. The van der Waals surface area contributed by atoms with E-state index in [-0.39, 0.29) is 5.91 Å². The molecule has 0 radical (unpaired) electrons. The van der Waals surface area contributed by atoms with Gasteiger partial charge in [0, 0.05) is 18.0 Å². The summed E-state index contributed by atoms with van der Waals surface area (Å²) in [5.74, 6) is 0.185. The molecule has 3 aromatic rings. The third-order valence-corrected chi connectivity index (χ3v) is 3.46. The third-order valence-electron chi connectivity index (χ3n) is 3.46. The minimum absolute atomic E-state index is 0.253. The molecule has 0 spiro atoms. The van der Waals surface area contributed by atoms with Crippen molar-refractivity contribution in [3.8, 4) is 11.6 Å². The summed E-state index contributed by atoms with van der Waals surface area (Å²) in [5.41, 5.74) is 2.42. The van der Waals surface area contributed by atoms with Crippen LogP contribution < -0.4 is 10.1 Å². The zero-order valence-electron chi connectivity index (χ0n) is 13.5. The molecule has 6 heteroatoms. The number of carbonyl (C=O) groups is 1. The molecular weight excluding hydrogens is 304 g/mol. The number of hydrogen-bond donors (Lipinski definition) is 1. The van der Waals surface area contributed by atoms with E-state index in [1.165, 1.54) is 0 Å². The van der Waals surface area contributed by atoms with Gasteiger partial charge in [-0.3, -0.25) is 9.78 Å². The van der Waals surface area contributed by atoms with Crippen LogP contribution in [0.25, 0.3) is 5.69 Å². The molecule has 24 heavy (non-hydrogen) atoms. The number of aromatic nitrogens is 3. The molecule has 0 aliphatic rings. The van der Waals surface area contributed by atoms with Gasteiger partial charge in [0.1, 0.15) is 0 Å². The second kappa shape index (κ2) is 6.95. The van der Waals surface area contributed by atoms with Crippen molar-refractivity contribution in [2.45, 2.75) is 20.0 Å². The Kier molecular flexibility index (Phi) is 4.56. The van der Waals surface area contributed by atoms with Gasteiger partial charge in [0.2, 0.25) is 5.88 Å². The zero-order valence-corrected chi connectivity index (χ0v) is 13.5. The van der Waals surface area contributed by atoms with Crippen LogP contribution in [0.5, 0.6) is 5.88 Å². The van der Waals surface area contributed by atoms with Gasteiger partial charge in [-0.2, -0.15) is 0 Å². The molecule has 0 bridgehead atoms. The predicted molar refractivity (Wildman–Crippen MR) is 91.3 cm³/mol. The van der Waals surface area contributed by atoms with Crippen LogP contribution in [0.3, 0.4) is 0 Å². The maximum Gasteiger partial charge on any atom is 0.265 e. The van der Waals surface area contributed by atoms with E-state index in [2.05, 4.69) is 15.4 Å². The summed E-state index contributed by atoms with van der Waals surface area (Å²) in [6, 6.07) is 13.3. The summed E-state index contributed by atoms with van der Waals surface area (Å²) in [4.78, 5) is 16.2. The first-order valence-corrected chi connectivity index (χ1v) is 7.63. The lowest BCUT2D eigenvalue weighted by atomic mass is 10.3. The zero-order chi connectivity index (χ0) is 16.9. The number of rotatable bonds is 5. The van der Waals surface area contributed by atoms with Crippen LogP contribution in [0, 0.1) is 6.92 Å². The van der Waals surface area contributed by atoms with Crippen LogP contribution in [0.15, 0.2) is 61.1 Å². The summed E-state index contributed by atoms with van der Waals surface area (Å²) in [7, 11) is 0. The first-order valence-electron chi connectivity index (χ1n) is 7.63. The highest BCUT2D eigenvalue weighted by atomic mass is 16.5. The van der Waals surface area contributed by atoms with Gasteiger partial charge in [0.15, 0.2) is 6.10 Å². The fourth-order valence-corrected chi connectivity index (χ4v) is 2.18. The molecule has 1 amide bonds. The van der Waals surface area contributed by atoms with Crippen molar-refractivity contribution in [2.75, 3.05) is 5.32 Å². The maximum absolute atomic E-state index is 12.2. The molecule has 2 aromatic heterocycles. The summed E-state index contributed by atoms with van der Waals surface area (Å²) in [6.07, 6.45) is 4.42. The average Bonchev–Trinajstić information content (AvgIpc) is 2.97. The van der Waals surface area contributed by atoms with Crippen LogP contribution in [0.4, 0.5) is 5.69 Å². The average molecular weight is 322 g/mol. The maximum atomic E-state index is 12.2. The molecular formula is C18H18N4O2. The Hall–Kier alpha value is -3.15. The fraction of sp³-hybridized carbons (Fsp3) is 0.167. The number of amides is 1. The highest BCUT2D eigenvalue weighted by molar-refractivity contribution is 5.93. The lowest BCUT2D eigenvalue weighted by Crippen LogP contribution is -2.30. The van der Waals surface area contributed by atoms with E-state index in [0.717, 1.165) is 11.3 Å². The molecule has 3 rings (SSSR count). The Morgan fingerprint density at radius 3 is 2.71 bits per heavy atom. The van der Waals surface area contributed by atoms with E-state index in [9.17, 15) is 4.79 Å². The van der Waals surface area contributed by atoms with E-state index >= 15 is 0 Å². The number of pyridine rings is 1. The van der Waals surface area contributed by atoms with Gasteiger partial charge in [-0.05, 0) is 38.1 Å². The third kappa shape index (κ3) is 3.60. The summed E-state index contributed by atoms with van der Waals surface area (Å²) in [6.45, 7) is 3.58. The lowest BCUT2D eigenvalue weighted by Gasteiger charge is -2.13. The SMILES string of the molecule is Cc1cn(-c2ccccc2)nc1OC(C)C(=O)Nc1cccnc1. The quantitative estimate of drug-likeness (QED) is 0.784. The van der Waals surface area contributed by atoms with E-state index in [0.29, 0.717) is 11.6 Å². The van der Waals surface area contributed by atoms with Gasteiger partial charge < -0.3 is 10.1 Å². The highest BCUT2D eigenvalue weighted by Crippen LogP contribution is 2.19. The molecule has 0 saturated heterocycles. The molecule has 1 unspecified atom stereocenters. The second-order valence-electron chi connectivity index (χ2n) is 5.39. The van der Waals surface area contributed by atoms with Crippen molar-refractivity contribution >= 4 is 11.6 Å². The fourth-order valence-electron chi connectivity index (χ4n) is 2.18. The van der Waals surface area contributed by atoms with Gasteiger partial charge in [-0.1, -0.05) is 18.2 Å². The second-order valence-corrected chi connectivity index (χ2v) is 5.39. The Bertz CT molecular complexity index is 816. The number of ether oxygens (including phenoxy) is 1. The molecule has 0 saturated carbocycles. The van der Waals surface area contributed by atoms with Crippen molar-refractivity contribution in [3.05, 3.63) is 66.6 Å². The first kappa shape index (κ1) is 15.7. The smallest absolute Gasteiger partial charge is 0.265 e. The first-order chi connectivity index (χ1) is 11.6. The Morgan fingerprint density at radius 1 is 1.21 bits per heavy atom. The molecule has 2 heterocycles. The topological polar surface area (TPSA) is 69.0 Å². The van der Waals surface area contributed by atoms with Gasteiger partial charge in [0.25, 0.3) is 5.91 Å². The lowest BCUT2D eigenvalue weighted by molar-refractivity contribution is -0.122. The number of carbonyl (C=O) groups excluding carboxylic acids is 1. The summed E-state index contributed by atoms with van der Waals surface area (Å²) < 4.78 is 7.45. The number of nitrogens with zero attached hydrogens (tertiary/aromatic N) is 3. The number of anilines is 1. The highest BCUT2D eigenvalue weighted by Gasteiger charge is 2.18. The Balaban J connectivity index is 1.69. The summed E-state index contributed by atoms with van der Waals surface area (Å²) in [5, 5.41) is 7.17. The molecule has 1 aromatic carbocycles. The molecule has 1 atom stereocenters. The monoisotopic (exact) mass is 322 g/mol. The van der Waals surface area contributed by atoms with E-state index in [1.807, 2.05) is 43.5 Å². The van der Waals surface area contributed by atoms with Gasteiger partial charge in [0.05, 0.1) is 17.6 Å². The van der Waals surface area contributed by atoms with E-state index < -0.39 is 6.10 Å². The predicted octanol–water partition coefficient (Wildman–Crippen LogP) is 2.98. The molecule has 0 aliphatic carbocycles. The summed E-state index contributed by atoms with van der Waals surface area (Å²) >= 11 is 0. The van der Waals surface area contributed by atoms with E-state index in [1.54, 1.807) is 36.1 Å². The van der Waals surface area contributed by atoms with Crippen LogP contribution >= 0.6 is 0 Å². The van der Waals surface area contributed by atoms with Crippen molar-refractivity contribution < 1.29 is 9.53 Å². The van der Waals surface area contributed by atoms with Crippen molar-refractivity contribution in [2.24, 2.45) is 0 Å². The molecule has 1 N–H and O–H groups in total. The Morgan fingerprint density at radius 2 is 2.00 bits per heavy atom. The number of para-hydroxylation sites is 1. The van der Waals surface area contributed by atoms with Crippen molar-refractivity contribution in [1.29, 1.82) is 0 Å². The minimum atomic E-state index is -0.678. The molecule has 0 fully saturated rings. The van der Waals surface area contributed by atoms with Crippen LogP contribution in [-0.2, 0) is 4.79 Å². The number of hydrogen-bond acceptors (Lipinski definition) is 4. The number of benzene rings is 1. The van der Waals surface area contributed by atoms with Crippen molar-refractivity contribution in [3.63, 3.8) is 0 Å². The van der Waals surface area contributed by atoms with Crippen molar-refractivity contribution in [1.82, 2.24) is 14.8 Å². The van der Waals surface area contributed by atoms with Gasteiger partial charge in [-0.15, -0.1) is 5.10 Å². The van der Waals surface area contributed by atoms with Crippen LogP contribution in [0.1, 0.15) is 12.5 Å².